The van der Waals surface area contributed by atoms with Crippen molar-refractivity contribution in [3.63, 3.8) is 0 Å². The maximum absolute atomic E-state index is 10.7. The SMILES string of the molecule is Nc1ccc(OCC(=O)O)c(C(=O)O)c1. The Labute approximate surface area is 84.9 Å². The minimum atomic E-state index is -1.22. The zero-order chi connectivity index (χ0) is 11.4. The highest BCUT2D eigenvalue weighted by atomic mass is 16.5. The molecule has 0 aliphatic rings. The van der Waals surface area contributed by atoms with E-state index in [2.05, 4.69) is 0 Å². The van der Waals surface area contributed by atoms with Crippen molar-refractivity contribution < 1.29 is 24.5 Å². The molecule has 0 bridgehead atoms. The Hall–Kier alpha value is -2.24. The first-order valence-corrected chi connectivity index (χ1v) is 3.98. The molecular formula is C9H9NO5. The number of hydrogen-bond donors (Lipinski definition) is 3. The maximum atomic E-state index is 10.7. The maximum Gasteiger partial charge on any atom is 0.341 e. The minimum absolute atomic E-state index is 0.0147. The molecular weight excluding hydrogens is 202 g/mol. The molecule has 4 N–H and O–H groups in total. The van der Waals surface area contributed by atoms with Gasteiger partial charge < -0.3 is 20.7 Å². The number of hydrogen-bond acceptors (Lipinski definition) is 4. The van der Waals surface area contributed by atoms with Crippen LogP contribution in [0.3, 0.4) is 0 Å². The van der Waals surface area contributed by atoms with E-state index >= 15 is 0 Å². The first-order chi connectivity index (χ1) is 7.00. The van der Waals surface area contributed by atoms with Gasteiger partial charge in [-0.25, -0.2) is 9.59 Å². The number of carboxylic acids is 2. The molecule has 0 aliphatic heterocycles. The Bertz CT molecular complexity index is 401. The lowest BCUT2D eigenvalue weighted by molar-refractivity contribution is -0.139. The lowest BCUT2D eigenvalue weighted by Crippen LogP contribution is -2.12. The topological polar surface area (TPSA) is 110 Å². The lowest BCUT2D eigenvalue weighted by atomic mass is 10.2. The van der Waals surface area contributed by atoms with Crippen molar-refractivity contribution in [1.29, 1.82) is 0 Å². The van der Waals surface area contributed by atoms with E-state index < -0.39 is 18.5 Å². The molecule has 80 valence electrons. The molecule has 6 heteroatoms. The van der Waals surface area contributed by atoms with Gasteiger partial charge in [-0.3, -0.25) is 0 Å². The number of aromatic carboxylic acids is 1. The van der Waals surface area contributed by atoms with Gasteiger partial charge in [-0.1, -0.05) is 0 Å². The smallest absolute Gasteiger partial charge is 0.341 e. The molecule has 6 nitrogen and oxygen atoms in total. The summed E-state index contributed by atoms with van der Waals surface area (Å²) < 4.78 is 4.78. The number of carboxylic acid groups (broad SMARTS) is 2. The monoisotopic (exact) mass is 211 g/mol. The highest BCUT2D eigenvalue weighted by Crippen LogP contribution is 2.21. The molecule has 0 saturated carbocycles. The summed E-state index contributed by atoms with van der Waals surface area (Å²) in [4.78, 5) is 21.0. The predicted molar refractivity (Wildman–Crippen MR) is 50.9 cm³/mol. The number of ether oxygens (including phenoxy) is 1. The summed E-state index contributed by atoms with van der Waals surface area (Å²) in [6.07, 6.45) is 0. The summed E-state index contributed by atoms with van der Waals surface area (Å²) in [7, 11) is 0. The average Bonchev–Trinajstić information content (AvgIpc) is 2.15. The first kappa shape index (κ1) is 10.8. The second kappa shape index (κ2) is 4.32. The summed E-state index contributed by atoms with van der Waals surface area (Å²) in [5.74, 6) is -2.41. The summed E-state index contributed by atoms with van der Waals surface area (Å²) in [6, 6.07) is 3.96. The second-order valence-electron chi connectivity index (χ2n) is 2.74. The third-order valence-corrected chi connectivity index (χ3v) is 1.59. The van der Waals surface area contributed by atoms with E-state index in [0.29, 0.717) is 0 Å². The summed E-state index contributed by atoms with van der Waals surface area (Å²) in [5, 5.41) is 17.1. The predicted octanol–water partition coefficient (Wildman–Crippen LogP) is 0.430. The zero-order valence-electron chi connectivity index (χ0n) is 7.64. The van der Waals surface area contributed by atoms with E-state index in [4.69, 9.17) is 20.7 Å². The molecule has 1 rings (SSSR count). The number of aliphatic carboxylic acids is 1. The normalized spacial score (nSPS) is 9.60. The number of benzene rings is 1. The van der Waals surface area contributed by atoms with Crippen LogP contribution < -0.4 is 10.5 Å². The van der Waals surface area contributed by atoms with E-state index in [-0.39, 0.29) is 17.0 Å². The van der Waals surface area contributed by atoms with Crippen LogP contribution in [0.4, 0.5) is 5.69 Å². The fourth-order valence-electron chi connectivity index (χ4n) is 0.980. The van der Waals surface area contributed by atoms with Crippen LogP contribution >= 0.6 is 0 Å². The highest BCUT2D eigenvalue weighted by molar-refractivity contribution is 5.92. The van der Waals surface area contributed by atoms with Gasteiger partial charge in [0.1, 0.15) is 11.3 Å². The van der Waals surface area contributed by atoms with Crippen molar-refractivity contribution in [2.24, 2.45) is 0 Å². The largest absolute Gasteiger partial charge is 0.481 e. The van der Waals surface area contributed by atoms with Gasteiger partial charge in [0.25, 0.3) is 0 Å². The molecule has 0 radical (unpaired) electrons. The Morgan fingerprint density at radius 3 is 2.53 bits per heavy atom. The third-order valence-electron chi connectivity index (χ3n) is 1.59. The summed E-state index contributed by atoms with van der Waals surface area (Å²) in [6.45, 7) is -0.593. The number of nitrogens with two attached hydrogens (primary N) is 1. The van der Waals surface area contributed by atoms with Crippen LogP contribution in [0.5, 0.6) is 5.75 Å². The van der Waals surface area contributed by atoms with Crippen LogP contribution in [0.1, 0.15) is 10.4 Å². The van der Waals surface area contributed by atoms with E-state index in [1.165, 1.54) is 18.2 Å². The van der Waals surface area contributed by atoms with Crippen LogP contribution in [0, 0.1) is 0 Å². The van der Waals surface area contributed by atoms with Crippen LogP contribution in [0.15, 0.2) is 18.2 Å². The molecule has 0 spiro atoms. The van der Waals surface area contributed by atoms with E-state index in [1.54, 1.807) is 0 Å². The lowest BCUT2D eigenvalue weighted by Gasteiger charge is -2.07. The fraction of sp³-hybridized carbons (Fsp3) is 0.111. The van der Waals surface area contributed by atoms with Gasteiger partial charge in [0.2, 0.25) is 0 Å². The fourth-order valence-corrected chi connectivity index (χ4v) is 0.980. The summed E-state index contributed by atoms with van der Waals surface area (Å²) in [5.41, 5.74) is 5.50. The van der Waals surface area contributed by atoms with Gasteiger partial charge in [0.15, 0.2) is 6.61 Å². The molecule has 0 aliphatic carbocycles. The molecule has 1 aromatic rings. The molecule has 0 heterocycles. The average molecular weight is 211 g/mol. The Kier molecular flexibility index (Phi) is 3.12. The van der Waals surface area contributed by atoms with Gasteiger partial charge in [-0.2, -0.15) is 0 Å². The minimum Gasteiger partial charge on any atom is -0.481 e. The molecule has 0 aromatic heterocycles. The molecule has 0 saturated heterocycles. The van der Waals surface area contributed by atoms with Crippen molar-refractivity contribution in [2.75, 3.05) is 12.3 Å². The van der Waals surface area contributed by atoms with Crippen LogP contribution in [0.2, 0.25) is 0 Å². The van der Waals surface area contributed by atoms with Crippen molar-refractivity contribution in [2.45, 2.75) is 0 Å². The molecule has 0 atom stereocenters. The molecule has 1 aromatic carbocycles. The van der Waals surface area contributed by atoms with Crippen LogP contribution in [-0.4, -0.2) is 28.8 Å². The molecule has 0 unspecified atom stereocenters. The van der Waals surface area contributed by atoms with Gasteiger partial charge >= 0.3 is 11.9 Å². The third kappa shape index (κ3) is 2.87. The van der Waals surface area contributed by atoms with Gasteiger partial charge in [0.05, 0.1) is 0 Å². The number of nitrogen functional groups attached to an aromatic ring is 1. The second-order valence-corrected chi connectivity index (χ2v) is 2.74. The highest BCUT2D eigenvalue weighted by Gasteiger charge is 2.12. The number of carbonyl (C=O) groups is 2. The van der Waals surface area contributed by atoms with Crippen molar-refractivity contribution >= 4 is 17.6 Å². The number of rotatable bonds is 4. The van der Waals surface area contributed by atoms with E-state index in [0.717, 1.165) is 0 Å². The Balaban J connectivity index is 2.95. The van der Waals surface area contributed by atoms with Crippen LogP contribution in [0.25, 0.3) is 0 Å². The van der Waals surface area contributed by atoms with E-state index in [9.17, 15) is 9.59 Å². The quantitative estimate of drug-likeness (QED) is 0.623. The van der Waals surface area contributed by atoms with Crippen molar-refractivity contribution in [3.8, 4) is 5.75 Å². The Morgan fingerprint density at radius 1 is 1.33 bits per heavy atom. The number of anilines is 1. The van der Waals surface area contributed by atoms with Crippen molar-refractivity contribution in [3.05, 3.63) is 23.8 Å². The summed E-state index contributed by atoms with van der Waals surface area (Å²) >= 11 is 0. The molecule has 0 fully saturated rings. The standard InChI is InChI=1S/C9H9NO5/c10-5-1-2-7(15-4-8(11)12)6(3-5)9(13)14/h1-3H,4,10H2,(H,11,12)(H,13,14). The van der Waals surface area contributed by atoms with E-state index in [1.807, 2.05) is 0 Å². The zero-order valence-corrected chi connectivity index (χ0v) is 7.64. The molecule has 0 amide bonds. The van der Waals surface area contributed by atoms with Gasteiger partial charge in [0, 0.05) is 5.69 Å². The van der Waals surface area contributed by atoms with Crippen molar-refractivity contribution in [1.82, 2.24) is 0 Å². The van der Waals surface area contributed by atoms with Gasteiger partial charge in [-0.15, -0.1) is 0 Å². The first-order valence-electron chi connectivity index (χ1n) is 3.98. The van der Waals surface area contributed by atoms with Gasteiger partial charge in [-0.05, 0) is 18.2 Å². The Morgan fingerprint density at radius 2 is 2.00 bits per heavy atom. The molecule has 15 heavy (non-hydrogen) atoms. The van der Waals surface area contributed by atoms with Crippen LogP contribution in [-0.2, 0) is 4.79 Å².